The maximum Gasteiger partial charge on any atom is 0.160 e. The summed E-state index contributed by atoms with van der Waals surface area (Å²) in [6.07, 6.45) is 0. The molecule has 0 saturated heterocycles. The highest BCUT2D eigenvalue weighted by Crippen LogP contribution is 2.43. The predicted molar refractivity (Wildman–Crippen MR) is 275 cm³/mol. The first-order chi connectivity index (χ1) is 31.7. The minimum absolute atomic E-state index is 0.694. The number of nitrogens with zero attached hydrogens (tertiary/aromatic N) is 2. The fraction of sp³-hybridized carbons (Fsp3) is 0. The Morgan fingerprint density at radius 1 is 0.250 bits per heavy atom. The van der Waals surface area contributed by atoms with Crippen molar-refractivity contribution in [3.8, 4) is 67.3 Å². The molecule has 64 heavy (non-hydrogen) atoms. The summed E-state index contributed by atoms with van der Waals surface area (Å²) in [6, 6.07) is 79.4. The molecule has 0 bridgehead atoms. The van der Waals surface area contributed by atoms with E-state index in [4.69, 9.17) is 9.97 Å². The fourth-order valence-electron chi connectivity index (χ4n) is 9.55. The molecule has 3 aromatic heterocycles. The van der Waals surface area contributed by atoms with Crippen molar-refractivity contribution in [1.29, 1.82) is 0 Å². The third kappa shape index (κ3) is 6.22. The highest BCUT2D eigenvalue weighted by Gasteiger charge is 2.18. The first kappa shape index (κ1) is 36.9. The number of hydrogen-bond acceptors (Lipinski definition) is 4. The summed E-state index contributed by atoms with van der Waals surface area (Å²) < 4.78 is 5.19. The zero-order chi connectivity index (χ0) is 42.1. The molecule has 10 aromatic carbocycles. The van der Waals surface area contributed by atoms with Crippen molar-refractivity contribution >= 4 is 84.6 Å². The monoisotopic (exact) mass is 848 g/mol. The van der Waals surface area contributed by atoms with Crippen LogP contribution in [0.15, 0.2) is 218 Å². The van der Waals surface area contributed by atoms with E-state index in [-0.39, 0.29) is 0 Å². The number of aromatic nitrogens is 2. The highest BCUT2D eigenvalue weighted by molar-refractivity contribution is 7.26. The van der Waals surface area contributed by atoms with Crippen LogP contribution in [0.1, 0.15) is 0 Å². The topological polar surface area (TPSA) is 25.8 Å². The molecule has 0 fully saturated rings. The summed E-state index contributed by atoms with van der Waals surface area (Å²) in [7, 11) is 0. The van der Waals surface area contributed by atoms with Gasteiger partial charge in [-0.3, -0.25) is 0 Å². The van der Waals surface area contributed by atoms with Crippen LogP contribution in [0.2, 0.25) is 0 Å². The Kier molecular flexibility index (Phi) is 8.61. The van der Waals surface area contributed by atoms with Crippen LogP contribution in [0, 0.1) is 0 Å². The van der Waals surface area contributed by atoms with E-state index in [1.807, 2.05) is 28.7 Å². The normalized spacial score (nSPS) is 11.8. The molecular weight excluding hydrogens is 813 g/mol. The van der Waals surface area contributed by atoms with Crippen LogP contribution in [0.4, 0.5) is 0 Å². The van der Waals surface area contributed by atoms with Gasteiger partial charge < -0.3 is 0 Å². The molecule has 3 heterocycles. The largest absolute Gasteiger partial charge is 0.228 e. The summed E-state index contributed by atoms with van der Waals surface area (Å²) in [5, 5.41) is 10.2. The van der Waals surface area contributed by atoms with Gasteiger partial charge in [-0.1, -0.05) is 164 Å². The Morgan fingerprint density at radius 3 is 1.50 bits per heavy atom. The van der Waals surface area contributed by atoms with Crippen LogP contribution in [-0.4, -0.2) is 9.97 Å². The van der Waals surface area contributed by atoms with Gasteiger partial charge in [-0.2, -0.15) is 0 Å². The van der Waals surface area contributed by atoms with Gasteiger partial charge in [0.2, 0.25) is 0 Å². The lowest BCUT2D eigenvalue weighted by Gasteiger charge is -2.16. The van der Waals surface area contributed by atoms with E-state index >= 15 is 0 Å². The molecular formula is C60H36N2S2. The minimum Gasteiger partial charge on any atom is -0.228 e. The van der Waals surface area contributed by atoms with Gasteiger partial charge >= 0.3 is 0 Å². The van der Waals surface area contributed by atoms with Gasteiger partial charge in [-0.15, -0.1) is 22.7 Å². The van der Waals surface area contributed by atoms with Gasteiger partial charge in [0, 0.05) is 57.0 Å². The van der Waals surface area contributed by atoms with E-state index in [0.29, 0.717) is 5.82 Å². The van der Waals surface area contributed by atoms with E-state index in [1.54, 1.807) is 0 Å². The fourth-order valence-corrected chi connectivity index (χ4v) is 11.7. The summed E-state index contributed by atoms with van der Waals surface area (Å²) >= 11 is 3.70. The molecule has 0 saturated carbocycles. The summed E-state index contributed by atoms with van der Waals surface area (Å²) in [5.74, 6) is 0.694. The molecule has 0 N–H and O–H groups in total. The number of fused-ring (bicyclic) bond motifs is 9. The van der Waals surface area contributed by atoms with Crippen LogP contribution in [0.25, 0.3) is 129 Å². The van der Waals surface area contributed by atoms with Gasteiger partial charge in [0.05, 0.1) is 11.4 Å². The van der Waals surface area contributed by atoms with Crippen molar-refractivity contribution in [3.63, 3.8) is 0 Å². The smallest absolute Gasteiger partial charge is 0.160 e. The lowest BCUT2D eigenvalue weighted by molar-refractivity contribution is 1.18. The summed E-state index contributed by atoms with van der Waals surface area (Å²) in [5.41, 5.74) is 11.8. The van der Waals surface area contributed by atoms with Gasteiger partial charge in [0.1, 0.15) is 0 Å². The second-order valence-corrected chi connectivity index (χ2v) is 18.6. The van der Waals surface area contributed by atoms with E-state index in [0.717, 1.165) is 44.8 Å². The zero-order valence-electron chi connectivity index (χ0n) is 34.5. The zero-order valence-corrected chi connectivity index (χ0v) is 36.1. The van der Waals surface area contributed by atoms with Crippen LogP contribution in [-0.2, 0) is 0 Å². The van der Waals surface area contributed by atoms with Gasteiger partial charge in [0.25, 0.3) is 0 Å². The SMILES string of the molecule is c1ccc(-c2nc(-c3ccc(-c4cc5ccccc5c5ccccc45)cc3)cc(-c3cc(-c4ccc5sc6ccccc6c5c4)ccc3-c3ccc4sc5ccccc5c4c3)n2)cc1. The second kappa shape index (κ2) is 15.0. The lowest BCUT2D eigenvalue weighted by Crippen LogP contribution is -1.97. The molecule has 13 aromatic rings. The Hall–Kier alpha value is -7.76. The van der Waals surface area contributed by atoms with Crippen molar-refractivity contribution in [1.82, 2.24) is 9.97 Å². The van der Waals surface area contributed by atoms with Crippen molar-refractivity contribution < 1.29 is 0 Å². The van der Waals surface area contributed by atoms with Crippen LogP contribution >= 0.6 is 22.7 Å². The summed E-state index contributed by atoms with van der Waals surface area (Å²) in [4.78, 5) is 10.7. The van der Waals surface area contributed by atoms with Crippen molar-refractivity contribution in [3.05, 3.63) is 218 Å². The standard InChI is InChI=1S/C60H36N2S2/c1-2-12-39(13-3-1)60-61-54(38-24-22-37(23-25-38)50-34-42-14-4-5-15-44(42)46-16-6-7-17-47(46)50)36-55(62-60)51-32-40(41-27-30-58-52(33-41)48-18-8-10-20-56(48)63-58)26-29-45(51)43-28-31-59-53(35-43)49-19-9-11-21-57(49)64-59/h1-36H. The molecule has 298 valence electrons. The maximum absolute atomic E-state index is 5.43. The van der Waals surface area contributed by atoms with Crippen LogP contribution in [0.5, 0.6) is 0 Å². The Labute approximate surface area is 378 Å². The van der Waals surface area contributed by atoms with E-state index in [1.165, 1.54) is 78.6 Å². The molecule has 0 aliphatic carbocycles. The second-order valence-electron chi connectivity index (χ2n) is 16.5. The Balaban J connectivity index is 1.00. The number of benzene rings is 10. The Morgan fingerprint density at radius 2 is 0.766 bits per heavy atom. The molecule has 0 atom stereocenters. The number of rotatable bonds is 6. The van der Waals surface area contributed by atoms with E-state index in [9.17, 15) is 0 Å². The van der Waals surface area contributed by atoms with Crippen LogP contribution in [0.3, 0.4) is 0 Å². The van der Waals surface area contributed by atoms with Crippen molar-refractivity contribution in [2.45, 2.75) is 0 Å². The first-order valence-electron chi connectivity index (χ1n) is 21.6. The molecule has 4 heteroatoms. The summed E-state index contributed by atoms with van der Waals surface area (Å²) in [6.45, 7) is 0. The van der Waals surface area contributed by atoms with Gasteiger partial charge in [-0.25, -0.2) is 9.97 Å². The van der Waals surface area contributed by atoms with E-state index < -0.39 is 0 Å². The third-order valence-electron chi connectivity index (χ3n) is 12.7. The quantitative estimate of drug-likeness (QED) is 0.156. The molecule has 0 spiro atoms. The molecule has 0 radical (unpaired) electrons. The van der Waals surface area contributed by atoms with Crippen LogP contribution < -0.4 is 0 Å². The molecule has 0 aliphatic rings. The molecule has 0 amide bonds. The number of thiophene rings is 2. The average molecular weight is 849 g/mol. The van der Waals surface area contributed by atoms with Gasteiger partial charge in [0.15, 0.2) is 5.82 Å². The number of hydrogen-bond donors (Lipinski definition) is 0. The third-order valence-corrected chi connectivity index (χ3v) is 15.0. The Bertz CT molecular complexity index is 3950. The first-order valence-corrected chi connectivity index (χ1v) is 23.3. The molecule has 13 rings (SSSR count). The average Bonchev–Trinajstić information content (AvgIpc) is 3.94. The molecule has 2 nitrogen and oxygen atoms in total. The van der Waals surface area contributed by atoms with E-state index in [2.05, 4.69) is 212 Å². The van der Waals surface area contributed by atoms with Crippen molar-refractivity contribution in [2.24, 2.45) is 0 Å². The maximum atomic E-state index is 5.43. The van der Waals surface area contributed by atoms with Gasteiger partial charge in [-0.05, 0) is 110 Å². The van der Waals surface area contributed by atoms with Crippen molar-refractivity contribution in [2.75, 3.05) is 0 Å². The molecule has 0 aliphatic heterocycles. The predicted octanol–water partition coefficient (Wildman–Crippen LogP) is 17.5. The highest BCUT2D eigenvalue weighted by atomic mass is 32.1. The minimum atomic E-state index is 0.694. The lowest BCUT2D eigenvalue weighted by atomic mass is 9.91. The molecule has 0 unspecified atom stereocenters.